The smallest absolute Gasteiger partial charge is 0.404 e. The van der Waals surface area contributed by atoms with E-state index in [4.69, 9.17) is 4.74 Å². The van der Waals surface area contributed by atoms with Gasteiger partial charge in [-0.2, -0.15) is 4.31 Å². The van der Waals surface area contributed by atoms with Crippen molar-refractivity contribution in [1.82, 2.24) is 24.0 Å². The van der Waals surface area contributed by atoms with E-state index >= 15 is 0 Å². The van der Waals surface area contributed by atoms with E-state index in [0.717, 1.165) is 49.7 Å². The number of nitrogens with zero attached hydrogens (tertiary/aromatic N) is 4. The third-order valence-electron chi connectivity index (χ3n) is 8.88. The summed E-state index contributed by atoms with van der Waals surface area (Å²) in [5.74, 6) is 0.104. The van der Waals surface area contributed by atoms with Gasteiger partial charge in [0.15, 0.2) is 5.75 Å². The molecule has 2 aromatic rings. The van der Waals surface area contributed by atoms with Crippen LogP contribution in [0.5, 0.6) is 5.75 Å². The predicted molar refractivity (Wildman–Crippen MR) is 158 cm³/mol. The Balaban J connectivity index is 1.16. The Bertz CT molecular complexity index is 1390. The number of amides is 1. The topological polar surface area (TPSA) is 124 Å². The zero-order valence-electron chi connectivity index (χ0n) is 24.2. The van der Waals surface area contributed by atoms with E-state index in [2.05, 4.69) is 15.1 Å². The lowest BCUT2D eigenvalue weighted by Gasteiger charge is -2.41. The number of aliphatic hydroxyl groups excluding tert-OH is 1. The first-order chi connectivity index (χ1) is 19.5. The summed E-state index contributed by atoms with van der Waals surface area (Å²) in [6.07, 6.45) is 4.33. The molecule has 4 heterocycles. The number of carbonyl (C=O) groups is 1. The predicted octanol–water partition coefficient (Wildman–Crippen LogP) is 1.85. The van der Waals surface area contributed by atoms with E-state index in [1.807, 2.05) is 38.1 Å². The summed E-state index contributed by atoms with van der Waals surface area (Å²) in [4.78, 5) is 30.8. The molecule has 226 valence electrons. The number of hydrogen-bond acceptors (Lipinski definition) is 8. The van der Waals surface area contributed by atoms with Gasteiger partial charge in [0.1, 0.15) is 0 Å². The maximum absolute atomic E-state index is 13.1. The maximum atomic E-state index is 13.1. The van der Waals surface area contributed by atoms with Crippen LogP contribution in [0.4, 0.5) is 4.79 Å². The van der Waals surface area contributed by atoms with Crippen molar-refractivity contribution < 1.29 is 23.1 Å². The fourth-order valence-corrected chi connectivity index (χ4v) is 7.74. The molecule has 1 aromatic carbocycles. The minimum atomic E-state index is -3.17. The Kier molecular flexibility index (Phi) is 9.05. The molecule has 3 saturated heterocycles. The number of ether oxygens (including phenoxy) is 1. The van der Waals surface area contributed by atoms with Crippen LogP contribution in [0.3, 0.4) is 0 Å². The van der Waals surface area contributed by atoms with Crippen LogP contribution >= 0.6 is 0 Å². The van der Waals surface area contributed by atoms with Crippen LogP contribution in [0.25, 0.3) is 10.9 Å². The van der Waals surface area contributed by atoms with Crippen LogP contribution in [0.2, 0.25) is 0 Å². The lowest BCUT2D eigenvalue weighted by Crippen LogP contribution is -2.54. The highest BCUT2D eigenvalue weighted by Gasteiger charge is 2.42. The molecule has 2 N–H and O–H groups in total. The number of sulfonamides is 1. The van der Waals surface area contributed by atoms with Gasteiger partial charge in [0, 0.05) is 81.3 Å². The summed E-state index contributed by atoms with van der Waals surface area (Å²) in [6, 6.07) is 9.72. The highest BCUT2D eigenvalue weighted by Crippen LogP contribution is 2.36. The van der Waals surface area contributed by atoms with Gasteiger partial charge in [-0.15, -0.1) is 0 Å². The third-order valence-corrected chi connectivity index (χ3v) is 10.2. The van der Waals surface area contributed by atoms with Crippen molar-refractivity contribution in [1.29, 1.82) is 0 Å². The molecule has 5 rings (SSSR count). The first-order valence-corrected chi connectivity index (χ1v) is 16.5. The van der Waals surface area contributed by atoms with E-state index in [1.165, 1.54) is 10.6 Å². The summed E-state index contributed by atoms with van der Waals surface area (Å²) < 4.78 is 32.4. The number of aromatic nitrogens is 1. The Morgan fingerprint density at radius 1 is 1.07 bits per heavy atom. The van der Waals surface area contributed by atoms with Crippen LogP contribution in [0, 0.1) is 5.92 Å². The first-order valence-electron chi connectivity index (χ1n) is 14.7. The summed E-state index contributed by atoms with van der Waals surface area (Å²) >= 11 is 0. The molecule has 3 aliphatic rings. The zero-order chi connectivity index (χ0) is 29.3. The van der Waals surface area contributed by atoms with Crippen LogP contribution in [-0.4, -0.2) is 109 Å². The SMILES string of the molecule is CC(C)n1c(=O)c(OC(=O)N[C@@H]2C[C@H]3CC[C@@H](C2)N3CC(CO)CN2CCN(S(C)(=O)=O)CC2)cc2ccccc21. The fraction of sp³-hybridized carbons (Fsp3) is 0.655. The second-order valence-electron chi connectivity index (χ2n) is 12.1. The number of fused-ring (bicyclic) bond motifs is 3. The number of benzene rings is 1. The molecule has 0 spiro atoms. The minimum absolute atomic E-state index is 0.0264. The molecular weight excluding hydrogens is 546 g/mol. The molecule has 1 unspecified atom stereocenters. The number of piperidine rings is 1. The fourth-order valence-electron chi connectivity index (χ4n) is 6.91. The zero-order valence-corrected chi connectivity index (χ0v) is 25.1. The molecule has 41 heavy (non-hydrogen) atoms. The summed E-state index contributed by atoms with van der Waals surface area (Å²) in [5.41, 5.74) is 0.484. The molecule has 11 nitrogen and oxygen atoms in total. The molecule has 12 heteroatoms. The average molecular weight is 590 g/mol. The number of piperazine rings is 1. The van der Waals surface area contributed by atoms with E-state index in [0.29, 0.717) is 38.3 Å². The van der Waals surface area contributed by atoms with Crippen molar-refractivity contribution in [3.05, 3.63) is 40.7 Å². The van der Waals surface area contributed by atoms with Gasteiger partial charge < -0.3 is 24.6 Å². The number of para-hydroxylation sites is 1. The number of hydrogen-bond donors (Lipinski definition) is 2. The van der Waals surface area contributed by atoms with Crippen molar-refractivity contribution in [2.75, 3.05) is 52.1 Å². The number of nitrogens with one attached hydrogen (secondary N) is 1. The van der Waals surface area contributed by atoms with Gasteiger partial charge in [-0.25, -0.2) is 13.2 Å². The average Bonchev–Trinajstić information content (AvgIpc) is 3.15. The van der Waals surface area contributed by atoms with E-state index < -0.39 is 16.1 Å². The van der Waals surface area contributed by atoms with Crippen molar-refractivity contribution in [2.24, 2.45) is 5.92 Å². The molecule has 3 aliphatic heterocycles. The lowest BCUT2D eigenvalue weighted by molar-refractivity contribution is 0.0594. The Morgan fingerprint density at radius 3 is 2.34 bits per heavy atom. The molecule has 3 fully saturated rings. The van der Waals surface area contributed by atoms with Gasteiger partial charge in [-0.1, -0.05) is 18.2 Å². The van der Waals surface area contributed by atoms with Gasteiger partial charge in [0.2, 0.25) is 10.0 Å². The molecule has 2 bridgehead atoms. The van der Waals surface area contributed by atoms with Gasteiger partial charge in [-0.05, 0) is 51.7 Å². The number of carbonyl (C=O) groups excluding carboxylic acids is 1. The highest BCUT2D eigenvalue weighted by molar-refractivity contribution is 7.88. The summed E-state index contributed by atoms with van der Waals surface area (Å²) in [6.45, 7) is 7.77. The van der Waals surface area contributed by atoms with Gasteiger partial charge in [-0.3, -0.25) is 9.69 Å². The van der Waals surface area contributed by atoms with Crippen LogP contribution in [-0.2, 0) is 10.0 Å². The summed E-state index contributed by atoms with van der Waals surface area (Å²) in [7, 11) is -3.17. The van der Waals surface area contributed by atoms with E-state index in [1.54, 1.807) is 10.6 Å². The van der Waals surface area contributed by atoms with E-state index in [9.17, 15) is 23.1 Å². The Morgan fingerprint density at radius 2 is 1.73 bits per heavy atom. The van der Waals surface area contributed by atoms with Crippen molar-refractivity contribution in [2.45, 2.75) is 63.7 Å². The van der Waals surface area contributed by atoms with Crippen LogP contribution in [0.1, 0.15) is 45.6 Å². The van der Waals surface area contributed by atoms with Crippen LogP contribution < -0.4 is 15.6 Å². The molecule has 0 aliphatic carbocycles. The number of rotatable bonds is 9. The second kappa shape index (κ2) is 12.4. The highest BCUT2D eigenvalue weighted by atomic mass is 32.2. The Hall–Kier alpha value is -2.51. The quantitative estimate of drug-likeness (QED) is 0.454. The molecule has 1 amide bonds. The van der Waals surface area contributed by atoms with Gasteiger partial charge in [0.25, 0.3) is 5.56 Å². The maximum Gasteiger partial charge on any atom is 0.413 e. The third kappa shape index (κ3) is 6.77. The van der Waals surface area contributed by atoms with E-state index in [-0.39, 0.29) is 35.9 Å². The van der Waals surface area contributed by atoms with Crippen molar-refractivity contribution >= 4 is 27.0 Å². The number of aliphatic hydroxyl groups is 1. The standard InChI is InChI=1S/C29H43N5O6S/c1-20(2)34-26-7-5-4-6-22(26)14-27(28(34)36)40-29(37)30-23-15-24-8-9-25(16-23)33(24)18-21(19-35)17-31-10-12-32(13-11-31)41(3,38)39/h4-7,14,20-21,23-25,35H,8-13,15-19H2,1-3H3,(H,30,37)/t21?,23-,24-,25+. The Labute approximate surface area is 242 Å². The van der Waals surface area contributed by atoms with Crippen molar-refractivity contribution in [3.63, 3.8) is 0 Å². The van der Waals surface area contributed by atoms with Gasteiger partial charge >= 0.3 is 6.09 Å². The molecular formula is C29H43N5O6S. The molecule has 4 atom stereocenters. The first kappa shape index (κ1) is 30.0. The lowest BCUT2D eigenvalue weighted by atomic mass is 9.95. The second-order valence-corrected chi connectivity index (χ2v) is 14.1. The summed E-state index contributed by atoms with van der Waals surface area (Å²) in [5, 5.41) is 14.0. The normalized spacial score (nSPS) is 25.0. The van der Waals surface area contributed by atoms with Crippen LogP contribution in [0.15, 0.2) is 35.1 Å². The van der Waals surface area contributed by atoms with Gasteiger partial charge in [0.05, 0.1) is 11.8 Å². The molecule has 1 aromatic heterocycles. The monoisotopic (exact) mass is 589 g/mol. The number of pyridine rings is 1. The molecule has 0 saturated carbocycles. The largest absolute Gasteiger partial charge is 0.413 e. The molecule has 0 radical (unpaired) electrons. The minimum Gasteiger partial charge on any atom is -0.404 e. The van der Waals surface area contributed by atoms with Crippen molar-refractivity contribution in [3.8, 4) is 5.75 Å².